The van der Waals surface area contributed by atoms with Crippen molar-refractivity contribution in [2.24, 2.45) is 5.92 Å². The average Bonchev–Trinajstić information content (AvgIpc) is 2.45. The van der Waals surface area contributed by atoms with Crippen molar-refractivity contribution in [3.63, 3.8) is 0 Å². The maximum Gasteiger partial charge on any atom is 0.220 e. The highest BCUT2D eigenvalue weighted by Gasteiger charge is 2.16. The molecule has 0 aliphatic rings. The molecule has 1 aromatic rings. The number of aliphatic hydroxyl groups excluding tert-OH is 1. The zero-order valence-electron chi connectivity index (χ0n) is 12.8. The molecule has 0 heterocycles. The Kier molecular flexibility index (Phi) is 7.31. The summed E-state index contributed by atoms with van der Waals surface area (Å²) in [7, 11) is 0. The summed E-state index contributed by atoms with van der Waals surface area (Å²) < 4.78 is 0. The van der Waals surface area contributed by atoms with Gasteiger partial charge in [0.1, 0.15) is 0 Å². The topological polar surface area (TPSA) is 49.3 Å². The average molecular weight is 277 g/mol. The smallest absolute Gasteiger partial charge is 0.220 e. The van der Waals surface area contributed by atoms with Crippen LogP contribution in [-0.2, 0) is 4.79 Å². The Morgan fingerprint density at radius 2 is 1.80 bits per heavy atom. The van der Waals surface area contributed by atoms with Crippen LogP contribution in [0.1, 0.15) is 58.1 Å². The molecule has 0 aromatic heterocycles. The molecule has 3 heteroatoms. The Bertz CT molecular complexity index is 387. The first-order valence-corrected chi connectivity index (χ1v) is 7.59. The molecule has 2 N–H and O–H groups in total. The molecule has 0 saturated heterocycles. The number of hydrogen-bond donors (Lipinski definition) is 2. The number of rotatable bonds is 8. The summed E-state index contributed by atoms with van der Waals surface area (Å²) in [6.07, 6.45) is 2.66. The van der Waals surface area contributed by atoms with Crippen LogP contribution < -0.4 is 5.32 Å². The van der Waals surface area contributed by atoms with E-state index in [0.717, 1.165) is 18.4 Å². The van der Waals surface area contributed by atoms with Crippen LogP contribution in [0, 0.1) is 5.92 Å². The van der Waals surface area contributed by atoms with Crippen LogP contribution in [0.25, 0.3) is 0 Å². The summed E-state index contributed by atoms with van der Waals surface area (Å²) in [5.74, 6) is 0.549. The number of aliphatic hydroxyl groups is 1. The highest BCUT2D eigenvalue weighted by Crippen LogP contribution is 2.18. The molecule has 2 unspecified atom stereocenters. The SMILES string of the molecule is CCC(CC)CC(=O)NC(C)CC(O)c1ccccc1. The molecule has 0 fully saturated rings. The third kappa shape index (κ3) is 5.74. The molecule has 0 spiro atoms. The van der Waals surface area contributed by atoms with Gasteiger partial charge in [0.15, 0.2) is 0 Å². The van der Waals surface area contributed by atoms with Crippen LogP contribution in [0.15, 0.2) is 30.3 Å². The predicted molar refractivity (Wildman–Crippen MR) is 82.3 cm³/mol. The van der Waals surface area contributed by atoms with Gasteiger partial charge >= 0.3 is 0 Å². The molecule has 1 amide bonds. The fraction of sp³-hybridized carbons (Fsp3) is 0.588. The number of amides is 1. The second kappa shape index (κ2) is 8.75. The van der Waals surface area contributed by atoms with E-state index in [-0.39, 0.29) is 11.9 Å². The second-order valence-electron chi connectivity index (χ2n) is 5.52. The van der Waals surface area contributed by atoms with E-state index in [1.165, 1.54) is 0 Å². The molecule has 2 atom stereocenters. The quantitative estimate of drug-likeness (QED) is 0.764. The summed E-state index contributed by atoms with van der Waals surface area (Å²) >= 11 is 0. The monoisotopic (exact) mass is 277 g/mol. The van der Waals surface area contributed by atoms with Gasteiger partial charge in [-0.2, -0.15) is 0 Å². The maximum absolute atomic E-state index is 11.9. The molecular weight excluding hydrogens is 250 g/mol. The summed E-state index contributed by atoms with van der Waals surface area (Å²) in [5.41, 5.74) is 0.897. The number of benzene rings is 1. The lowest BCUT2D eigenvalue weighted by atomic mass is 9.98. The van der Waals surface area contributed by atoms with Crippen molar-refractivity contribution in [1.29, 1.82) is 0 Å². The van der Waals surface area contributed by atoms with Crippen molar-refractivity contribution in [3.8, 4) is 0 Å². The molecule has 0 saturated carbocycles. The Labute approximate surface area is 122 Å². The van der Waals surface area contributed by atoms with Crippen LogP contribution in [-0.4, -0.2) is 17.1 Å². The molecule has 1 aromatic carbocycles. The standard InChI is InChI=1S/C17H27NO2/c1-4-14(5-2)12-17(20)18-13(3)11-16(19)15-9-7-6-8-10-15/h6-10,13-14,16,19H,4-5,11-12H2,1-3H3,(H,18,20). The number of nitrogens with one attached hydrogen (secondary N) is 1. The lowest BCUT2D eigenvalue weighted by Gasteiger charge is -2.19. The van der Waals surface area contributed by atoms with Gasteiger partial charge in [-0.15, -0.1) is 0 Å². The van der Waals surface area contributed by atoms with Crippen LogP contribution in [0.3, 0.4) is 0 Å². The van der Waals surface area contributed by atoms with Crippen LogP contribution in [0.4, 0.5) is 0 Å². The predicted octanol–water partition coefficient (Wildman–Crippen LogP) is 3.44. The summed E-state index contributed by atoms with van der Waals surface area (Å²) in [4.78, 5) is 11.9. The lowest BCUT2D eigenvalue weighted by Crippen LogP contribution is -2.34. The Hall–Kier alpha value is -1.35. The fourth-order valence-corrected chi connectivity index (χ4v) is 2.38. The third-order valence-corrected chi connectivity index (χ3v) is 3.80. The summed E-state index contributed by atoms with van der Waals surface area (Å²) in [6, 6.07) is 9.54. The summed E-state index contributed by atoms with van der Waals surface area (Å²) in [5, 5.41) is 13.1. The van der Waals surface area contributed by atoms with E-state index >= 15 is 0 Å². The molecule has 20 heavy (non-hydrogen) atoms. The second-order valence-corrected chi connectivity index (χ2v) is 5.52. The highest BCUT2D eigenvalue weighted by atomic mass is 16.3. The molecule has 0 aliphatic carbocycles. The minimum absolute atomic E-state index is 0.0212. The first kappa shape index (κ1) is 16.7. The maximum atomic E-state index is 11.9. The van der Waals surface area contributed by atoms with Gasteiger partial charge in [-0.05, 0) is 24.8 Å². The first-order chi connectivity index (χ1) is 9.56. The van der Waals surface area contributed by atoms with Crippen molar-refractivity contribution in [3.05, 3.63) is 35.9 Å². The van der Waals surface area contributed by atoms with E-state index < -0.39 is 6.10 Å². The third-order valence-electron chi connectivity index (χ3n) is 3.80. The van der Waals surface area contributed by atoms with Gasteiger partial charge in [0.05, 0.1) is 6.10 Å². The van der Waals surface area contributed by atoms with E-state index in [9.17, 15) is 9.90 Å². The zero-order chi connectivity index (χ0) is 15.0. The van der Waals surface area contributed by atoms with Crippen molar-refractivity contribution >= 4 is 5.91 Å². The van der Waals surface area contributed by atoms with Crippen LogP contribution in [0.5, 0.6) is 0 Å². The van der Waals surface area contributed by atoms with Crippen molar-refractivity contribution in [2.75, 3.05) is 0 Å². The van der Waals surface area contributed by atoms with E-state index in [4.69, 9.17) is 0 Å². The molecule has 112 valence electrons. The number of carbonyl (C=O) groups is 1. The Morgan fingerprint density at radius 1 is 1.20 bits per heavy atom. The minimum Gasteiger partial charge on any atom is -0.388 e. The van der Waals surface area contributed by atoms with Crippen molar-refractivity contribution < 1.29 is 9.90 Å². The first-order valence-electron chi connectivity index (χ1n) is 7.59. The normalized spacial score (nSPS) is 14.1. The minimum atomic E-state index is -0.528. The summed E-state index contributed by atoms with van der Waals surface area (Å²) in [6.45, 7) is 6.17. The van der Waals surface area contributed by atoms with Gasteiger partial charge in [0.2, 0.25) is 5.91 Å². The van der Waals surface area contributed by atoms with Crippen LogP contribution in [0.2, 0.25) is 0 Å². The molecule has 0 bridgehead atoms. The van der Waals surface area contributed by atoms with E-state index in [2.05, 4.69) is 19.2 Å². The lowest BCUT2D eigenvalue weighted by molar-refractivity contribution is -0.122. The Morgan fingerprint density at radius 3 is 2.35 bits per heavy atom. The van der Waals surface area contributed by atoms with Crippen molar-refractivity contribution in [1.82, 2.24) is 5.32 Å². The molecular formula is C17H27NO2. The van der Waals surface area contributed by atoms with Crippen molar-refractivity contribution in [2.45, 2.75) is 58.6 Å². The van der Waals surface area contributed by atoms with Gasteiger partial charge in [-0.3, -0.25) is 4.79 Å². The van der Waals surface area contributed by atoms with Gasteiger partial charge in [-0.25, -0.2) is 0 Å². The van der Waals surface area contributed by atoms with E-state index in [1.54, 1.807) is 0 Å². The molecule has 1 rings (SSSR count). The van der Waals surface area contributed by atoms with E-state index in [0.29, 0.717) is 18.8 Å². The molecule has 3 nitrogen and oxygen atoms in total. The number of carbonyl (C=O) groups excluding carboxylic acids is 1. The highest BCUT2D eigenvalue weighted by molar-refractivity contribution is 5.76. The van der Waals surface area contributed by atoms with Crippen LogP contribution >= 0.6 is 0 Å². The fourth-order valence-electron chi connectivity index (χ4n) is 2.38. The number of hydrogen-bond acceptors (Lipinski definition) is 2. The van der Waals surface area contributed by atoms with Gasteiger partial charge in [-0.1, -0.05) is 57.0 Å². The zero-order valence-corrected chi connectivity index (χ0v) is 12.8. The van der Waals surface area contributed by atoms with Gasteiger partial charge in [0.25, 0.3) is 0 Å². The Balaban J connectivity index is 2.39. The largest absolute Gasteiger partial charge is 0.388 e. The van der Waals surface area contributed by atoms with Gasteiger partial charge < -0.3 is 10.4 Å². The molecule has 0 radical (unpaired) electrons. The van der Waals surface area contributed by atoms with Gasteiger partial charge in [0, 0.05) is 12.5 Å². The van der Waals surface area contributed by atoms with E-state index in [1.807, 2.05) is 37.3 Å². The molecule has 0 aliphatic heterocycles.